The molecule has 14 heavy (non-hydrogen) atoms. The molecule has 2 heterocycles. The van der Waals surface area contributed by atoms with Gasteiger partial charge in [-0.05, 0) is 6.42 Å². The highest BCUT2D eigenvalue weighted by atomic mass is 32.2. The Balaban J connectivity index is 1.84. The molecule has 3 fully saturated rings. The summed E-state index contributed by atoms with van der Waals surface area (Å²) >= 11 is 0. The first kappa shape index (κ1) is 9.08. The number of rotatable bonds is 0. The molecule has 1 N–H and O–H groups in total. The molecule has 3 aliphatic rings. The van der Waals surface area contributed by atoms with Crippen LogP contribution in [0.2, 0.25) is 0 Å². The molecule has 0 aromatic heterocycles. The Morgan fingerprint density at radius 1 is 1.21 bits per heavy atom. The van der Waals surface area contributed by atoms with Crippen molar-refractivity contribution in [1.29, 1.82) is 0 Å². The van der Waals surface area contributed by atoms with Crippen molar-refractivity contribution < 1.29 is 17.9 Å². The Morgan fingerprint density at radius 3 is 2.86 bits per heavy atom. The van der Waals surface area contributed by atoms with Gasteiger partial charge in [0.05, 0.1) is 31.2 Å². The van der Waals surface area contributed by atoms with Gasteiger partial charge in [-0.15, -0.1) is 0 Å². The predicted octanol–water partition coefficient (Wildman–Crippen LogP) is -0.908. The lowest BCUT2D eigenvalue weighted by atomic mass is 10.1. The largest absolute Gasteiger partial charge is 0.373 e. The topological polar surface area (TPSA) is 64.6 Å². The lowest BCUT2D eigenvalue weighted by Gasteiger charge is -2.28. The number of ether oxygens (including phenoxy) is 2. The van der Waals surface area contributed by atoms with Gasteiger partial charge < -0.3 is 9.47 Å². The van der Waals surface area contributed by atoms with Crippen LogP contribution in [0.5, 0.6) is 0 Å². The fourth-order valence-electron chi connectivity index (χ4n) is 2.72. The number of hydrogen-bond acceptors (Lipinski definition) is 4. The molecular formula is C8H13NO4S. The van der Waals surface area contributed by atoms with E-state index in [1.807, 2.05) is 0 Å². The van der Waals surface area contributed by atoms with Crippen LogP contribution >= 0.6 is 0 Å². The van der Waals surface area contributed by atoms with Gasteiger partial charge in [0.25, 0.3) is 0 Å². The summed E-state index contributed by atoms with van der Waals surface area (Å²) in [6.07, 6.45) is 0.842. The molecule has 0 aromatic carbocycles. The van der Waals surface area contributed by atoms with Crippen LogP contribution < -0.4 is 4.72 Å². The first-order valence-corrected chi connectivity index (χ1v) is 6.54. The average molecular weight is 219 g/mol. The third kappa shape index (κ3) is 1.29. The molecule has 4 atom stereocenters. The van der Waals surface area contributed by atoms with Gasteiger partial charge in [-0.3, -0.25) is 0 Å². The maximum atomic E-state index is 11.3. The number of sulfonamides is 1. The third-order valence-electron chi connectivity index (χ3n) is 3.26. The van der Waals surface area contributed by atoms with E-state index in [1.165, 1.54) is 0 Å². The molecule has 2 aliphatic heterocycles. The first-order chi connectivity index (χ1) is 6.66. The van der Waals surface area contributed by atoms with Gasteiger partial charge >= 0.3 is 0 Å². The zero-order valence-electron chi connectivity index (χ0n) is 7.68. The molecule has 0 bridgehead atoms. The fourth-order valence-corrected chi connectivity index (χ4v) is 4.48. The molecule has 6 heteroatoms. The zero-order chi connectivity index (χ0) is 9.76. The average Bonchev–Trinajstić information content (AvgIpc) is 2.56. The van der Waals surface area contributed by atoms with Crippen molar-refractivity contribution in [2.24, 2.45) is 5.92 Å². The van der Waals surface area contributed by atoms with Crippen molar-refractivity contribution in [1.82, 2.24) is 4.72 Å². The molecule has 0 radical (unpaired) electrons. The molecule has 2 saturated heterocycles. The number of fused-ring (bicyclic) bond motifs is 3. The van der Waals surface area contributed by atoms with Crippen molar-refractivity contribution in [2.45, 2.75) is 24.7 Å². The minimum Gasteiger partial charge on any atom is -0.373 e. The van der Waals surface area contributed by atoms with Crippen molar-refractivity contribution >= 4 is 10.0 Å². The second-order valence-corrected chi connectivity index (χ2v) is 5.95. The standard InChI is InChI=1S/C8H13NO4S/c10-14(11)4-5-6(9-14)3-7-8(5)13-2-1-12-7/h5-9H,1-4H2. The van der Waals surface area contributed by atoms with Gasteiger partial charge in [0.15, 0.2) is 0 Å². The van der Waals surface area contributed by atoms with E-state index in [-0.39, 0.29) is 29.9 Å². The predicted molar refractivity (Wildman–Crippen MR) is 48.3 cm³/mol. The second kappa shape index (κ2) is 2.91. The van der Waals surface area contributed by atoms with Crippen LogP contribution in [0.25, 0.3) is 0 Å². The number of nitrogens with one attached hydrogen (secondary N) is 1. The maximum absolute atomic E-state index is 11.3. The van der Waals surface area contributed by atoms with Crippen molar-refractivity contribution in [3.63, 3.8) is 0 Å². The molecule has 5 nitrogen and oxygen atoms in total. The van der Waals surface area contributed by atoms with Crippen molar-refractivity contribution in [3.05, 3.63) is 0 Å². The minimum absolute atomic E-state index is 0.0153. The van der Waals surface area contributed by atoms with Crippen molar-refractivity contribution in [3.8, 4) is 0 Å². The molecule has 4 unspecified atom stereocenters. The van der Waals surface area contributed by atoms with E-state index < -0.39 is 10.0 Å². The van der Waals surface area contributed by atoms with Gasteiger partial charge in [-0.25, -0.2) is 13.1 Å². The first-order valence-electron chi connectivity index (χ1n) is 4.89. The Labute approximate surface area is 82.8 Å². The summed E-state index contributed by atoms with van der Waals surface area (Å²) in [5.74, 6) is 0.285. The summed E-state index contributed by atoms with van der Waals surface area (Å²) in [6, 6.07) is 0.0353. The van der Waals surface area contributed by atoms with E-state index in [2.05, 4.69) is 4.72 Å². The van der Waals surface area contributed by atoms with E-state index in [0.29, 0.717) is 13.2 Å². The quantitative estimate of drug-likeness (QED) is 0.573. The molecular weight excluding hydrogens is 206 g/mol. The number of hydrogen-bond donors (Lipinski definition) is 1. The fraction of sp³-hybridized carbons (Fsp3) is 1.00. The maximum Gasteiger partial charge on any atom is 0.212 e. The molecule has 1 saturated carbocycles. The summed E-state index contributed by atoms with van der Waals surface area (Å²) in [7, 11) is -3.04. The monoisotopic (exact) mass is 219 g/mol. The molecule has 80 valence electrons. The van der Waals surface area contributed by atoms with Crippen molar-refractivity contribution in [2.75, 3.05) is 19.0 Å². The highest BCUT2D eigenvalue weighted by Crippen LogP contribution is 2.37. The summed E-state index contributed by atoms with van der Waals surface area (Å²) in [4.78, 5) is 0. The molecule has 0 spiro atoms. The van der Waals surface area contributed by atoms with E-state index >= 15 is 0 Å². The van der Waals surface area contributed by atoms with Crippen LogP contribution in [0, 0.1) is 5.92 Å². The molecule has 3 rings (SSSR count). The minimum atomic E-state index is -3.04. The van der Waals surface area contributed by atoms with Gasteiger partial charge in [-0.1, -0.05) is 0 Å². The summed E-state index contributed by atoms with van der Waals surface area (Å²) in [5.41, 5.74) is 0. The normalized spacial score (nSPS) is 50.0. The SMILES string of the molecule is O=S1(=O)CC2C(CC3OCCOC32)N1. The van der Waals surface area contributed by atoms with E-state index in [0.717, 1.165) is 6.42 Å². The summed E-state index contributed by atoms with van der Waals surface area (Å²) in [5, 5.41) is 0. The van der Waals surface area contributed by atoms with E-state index in [9.17, 15) is 8.42 Å². The molecule has 1 aliphatic carbocycles. The van der Waals surface area contributed by atoms with Gasteiger partial charge in [0.2, 0.25) is 10.0 Å². The summed E-state index contributed by atoms with van der Waals surface area (Å²) in [6.45, 7) is 1.22. The van der Waals surface area contributed by atoms with Gasteiger partial charge in [0, 0.05) is 12.0 Å². The van der Waals surface area contributed by atoms with Crippen LogP contribution in [-0.4, -0.2) is 45.6 Å². The van der Waals surface area contributed by atoms with Gasteiger partial charge in [0.1, 0.15) is 0 Å². The zero-order valence-corrected chi connectivity index (χ0v) is 8.50. The van der Waals surface area contributed by atoms with E-state index in [4.69, 9.17) is 9.47 Å². The lowest BCUT2D eigenvalue weighted by molar-refractivity contribution is -0.135. The van der Waals surface area contributed by atoms with Crippen LogP contribution in [0.15, 0.2) is 0 Å². The highest BCUT2D eigenvalue weighted by Gasteiger charge is 2.52. The van der Waals surface area contributed by atoms with Crippen LogP contribution in [0.4, 0.5) is 0 Å². The summed E-state index contributed by atoms with van der Waals surface area (Å²) < 4.78 is 36.4. The Kier molecular flexibility index (Phi) is 1.89. The Morgan fingerprint density at radius 2 is 2.00 bits per heavy atom. The second-order valence-electron chi connectivity index (χ2n) is 4.15. The Hall–Kier alpha value is -0.170. The van der Waals surface area contributed by atoms with Crippen LogP contribution in [-0.2, 0) is 19.5 Å². The van der Waals surface area contributed by atoms with Gasteiger partial charge in [-0.2, -0.15) is 0 Å². The van der Waals surface area contributed by atoms with Crippen LogP contribution in [0.3, 0.4) is 0 Å². The Bertz CT molecular complexity index is 341. The van der Waals surface area contributed by atoms with E-state index in [1.54, 1.807) is 0 Å². The third-order valence-corrected chi connectivity index (χ3v) is 4.75. The lowest BCUT2D eigenvalue weighted by Crippen LogP contribution is -2.39. The molecule has 0 aromatic rings. The molecule has 0 amide bonds. The van der Waals surface area contributed by atoms with Crippen LogP contribution in [0.1, 0.15) is 6.42 Å². The smallest absolute Gasteiger partial charge is 0.212 e. The highest BCUT2D eigenvalue weighted by molar-refractivity contribution is 7.89.